The van der Waals surface area contributed by atoms with E-state index in [1.807, 2.05) is 35.1 Å². The lowest BCUT2D eigenvalue weighted by molar-refractivity contribution is 0.268. The fraction of sp³-hybridized carbons (Fsp3) is 0.250. The van der Waals surface area contributed by atoms with Crippen LogP contribution in [0.15, 0.2) is 29.3 Å². The minimum absolute atomic E-state index is 0.129. The van der Waals surface area contributed by atoms with E-state index in [2.05, 4.69) is 15.2 Å². The number of aliphatic hydroxyl groups is 1. The summed E-state index contributed by atoms with van der Waals surface area (Å²) in [5.74, 6) is 1.31. The average Bonchev–Trinajstić information content (AvgIpc) is 2.76. The molecule has 2 heterocycles. The minimum atomic E-state index is -0.129. The van der Waals surface area contributed by atoms with Crippen LogP contribution in [0.5, 0.6) is 0 Å². The quantitative estimate of drug-likeness (QED) is 0.841. The molecule has 1 aliphatic heterocycles. The zero-order chi connectivity index (χ0) is 12.5. The van der Waals surface area contributed by atoms with Crippen LogP contribution in [0.2, 0.25) is 0 Å². The van der Waals surface area contributed by atoms with Crippen LogP contribution in [0.3, 0.4) is 0 Å². The third kappa shape index (κ3) is 1.65. The van der Waals surface area contributed by atoms with E-state index in [-0.39, 0.29) is 6.61 Å². The number of fused-ring (bicyclic) bond motifs is 3. The van der Waals surface area contributed by atoms with Crippen LogP contribution in [-0.4, -0.2) is 31.2 Å². The lowest BCUT2D eigenvalue weighted by Gasteiger charge is -2.10. The highest BCUT2D eigenvalue weighted by molar-refractivity contribution is 8.13. The second kappa shape index (κ2) is 4.55. The standard InChI is InChI=1S/C12H12N4OS/c1-18-12-8-4-2-3-5-9(8)16-10(6-13-12)14-15-11(16)7-17/h2-5,17H,6-7H2,1H3. The van der Waals surface area contributed by atoms with Gasteiger partial charge < -0.3 is 5.11 Å². The van der Waals surface area contributed by atoms with Crippen molar-refractivity contribution in [1.82, 2.24) is 14.8 Å². The molecule has 0 amide bonds. The Kier molecular flexibility index (Phi) is 2.89. The van der Waals surface area contributed by atoms with Gasteiger partial charge >= 0.3 is 0 Å². The second-order valence-electron chi connectivity index (χ2n) is 3.87. The number of hydrogen-bond donors (Lipinski definition) is 1. The van der Waals surface area contributed by atoms with Crippen LogP contribution in [0, 0.1) is 0 Å². The number of benzene rings is 1. The van der Waals surface area contributed by atoms with Gasteiger partial charge in [0.15, 0.2) is 11.6 Å². The molecule has 1 aromatic heterocycles. The molecule has 1 aliphatic rings. The first-order valence-corrected chi connectivity index (χ1v) is 6.80. The third-order valence-corrected chi connectivity index (χ3v) is 3.61. The van der Waals surface area contributed by atoms with Crippen LogP contribution in [0.1, 0.15) is 17.2 Å². The van der Waals surface area contributed by atoms with E-state index in [0.29, 0.717) is 12.4 Å². The molecule has 0 spiro atoms. The summed E-state index contributed by atoms with van der Waals surface area (Å²) in [5, 5.41) is 18.4. The van der Waals surface area contributed by atoms with E-state index >= 15 is 0 Å². The number of rotatable bonds is 1. The number of aliphatic imine (C=N–C) groups is 1. The summed E-state index contributed by atoms with van der Waals surface area (Å²) in [6, 6.07) is 7.98. The van der Waals surface area contributed by atoms with Crippen molar-refractivity contribution in [2.75, 3.05) is 6.26 Å². The van der Waals surface area contributed by atoms with E-state index in [9.17, 15) is 5.11 Å². The first-order chi connectivity index (χ1) is 8.85. The Morgan fingerprint density at radius 2 is 2.17 bits per heavy atom. The fourth-order valence-corrected chi connectivity index (χ4v) is 2.67. The van der Waals surface area contributed by atoms with Crippen molar-refractivity contribution in [3.8, 4) is 5.69 Å². The van der Waals surface area contributed by atoms with Crippen LogP contribution in [-0.2, 0) is 13.2 Å². The van der Waals surface area contributed by atoms with Gasteiger partial charge in [0.05, 0.1) is 5.69 Å². The minimum Gasteiger partial charge on any atom is -0.388 e. The maximum atomic E-state index is 9.36. The van der Waals surface area contributed by atoms with Crippen molar-refractivity contribution in [2.24, 2.45) is 4.99 Å². The molecule has 0 radical (unpaired) electrons. The van der Waals surface area contributed by atoms with Gasteiger partial charge in [0.2, 0.25) is 0 Å². The second-order valence-corrected chi connectivity index (χ2v) is 4.66. The van der Waals surface area contributed by atoms with Gasteiger partial charge in [0.25, 0.3) is 0 Å². The predicted octanol–water partition coefficient (Wildman–Crippen LogP) is 1.38. The van der Waals surface area contributed by atoms with Crippen molar-refractivity contribution < 1.29 is 5.11 Å². The molecule has 0 saturated carbocycles. The van der Waals surface area contributed by atoms with E-state index < -0.39 is 0 Å². The van der Waals surface area contributed by atoms with Crippen LogP contribution in [0.4, 0.5) is 0 Å². The number of thioether (sulfide) groups is 1. The van der Waals surface area contributed by atoms with Gasteiger partial charge in [-0.1, -0.05) is 18.2 Å². The molecule has 92 valence electrons. The van der Waals surface area contributed by atoms with Crippen LogP contribution < -0.4 is 0 Å². The molecule has 0 saturated heterocycles. The van der Waals surface area contributed by atoms with E-state index in [4.69, 9.17) is 0 Å². The smallest absolute Gasteiger partial charge is 0.163 e. The Bertz CT molecular complexity index is 620. The Labute approximate surface area is 109 Å². The Morgan fingerprint density at radius 1 is 1.33 bits per heavy atom. The molecule has 0 unspecified atom stereocenters. The summed E-state index contributed by atoms with van der Waals surface area (Å²) in [5.41, 5.74) is 2.03. The maximum absolute atomic E-state index is 9.36. The maximum Gasteiger partial charge on any atom is 0.163 e. The summed E-state index contributed by atoms with van der Waals surface area (Å²) < 4.78 is 1.89. The number of hydrogen-bond acceptors (Lipinski definition) is 5. The summed E-state index contributed by atoms with van der Waals surface area (Å²) in [6.07, 6.45) is 2.01. The highest BCUT2D eigenvalue weighted by atomic mass is 32.2. The first-order valence-electron chi connectivity index (χ1n) is 5.57. The van der Waals surface area contributed by atoms with E-state index in [1.165, 1.54) is 0 Å². The molecule has 0 atom stereocenters. The summed E-state index contributed by atoms with van der Waals surface area (Å²) >= 11 is 1.62. The predicted molar refractivity (Wildman–Crippen MR) is 71.0 cm³/mol. The van der Waals surface area contributed by atoms with Gasteiger partial charge in [-0.3, -0.25) is 9.56 Å². The third-order valence-electron chi connectivity index (χ3n) is 2.87. The number of aliphatic hydroxyl groups excluding tert-OH is 1. The van der Waals surface area contributed by atoms with Crippen LogP contribution in [0.25, 0.3) is 5.69 Å². The van der Waals surface area contributed by atoms with Crippen LogP contribution >= 0.6 is 11.8 Å². The number of aromatic nitrogens is 3. The van der Waals surface area contributed by atoms with E-state index in [0.717, 1.165) is 22.1 Å². The molecule has 5 nitrogen and oxygen atoms in total. The van der Waals surface area contributed by atoms with Gasteiger partial charge in [0, 0.05) is 5.56 Å². The van der Waals surface area contributed by atoms with Crippen molar-refractivity contribution >= 4 is 16.8 Å². The summed E-state index contributed by atoms with van der Waals surface area (Å²) in [7, 11) is 0. The molecular weight excluding hydrogens is 248 g/mol. The van der Waals surface area contributed by atoms with Crippen molar-refractivity contribution in [3.63, 3.8) is 0 Å². The molecule has 0 aliphatic carbocycles. The highest BCUT2D eigenvalue weighted by Gasteiger charge is 2.20. The SMILES string of the molecule is CSC1=NCc2nnc(CO)n2-c2ccccc21. The fourth-order valence-electron chi connectivity index (χ4n) is 2.09. The molecule has 1 aromatic carbocycles. The lowest BCUT2D eigenvalue weighted by atomic mass is 10.2. The highest BCUT2D eigenvalue weighted by Crippen LogP contribution is 2.25. The first kappa shape index (κ1) is 11.4. The molecule has 2 aromatic rings. The Morgan fingerprint density at radius 3 is 2.94 bits per heavy atom. The number of para-hydroxylation sites is 1. The largest absolute Gasteiger partial charge is 0.388 e. The monoisotopic (exact) mass is 260 g/mol. The summed E-state index contributed by atoms with van der Waals surface area (Å²) in [4.78, 5) is 4.55. The molecular formula is C12H12N4OS. The van der Waals surface area contributed by atoms with Gasteiger partial charge in [0.1, 0.15) is 18.2 Å². The molecule has 0 bridgehead atoms. The lowest BCUT2D eigenvalue weighted by Crippen LogP contribution is -2.07. The number of nitrogens with zero attached hydrogens (tertiary/aromatic N) is 4. The van der Waals surface area contributed by atoms with Gasteiger partial charge in [-0.15, -0.1) is 22.0 Å². The molecule has 3 rings (SSSR count). The van der Waals surface area contributed by atoms with Gasteiger partial charge in [-0.25, -0.2) is 0 Å². The topological polar surface area (TPSA) is 63.3 Å². The average molecular weight is 260 g/mol. The van der Waals surface area contributed by atoms with Gasteiger partial charge in [-0.05, 0) is 12.3 Å². The van der Waals surface area contributed by atoms with Gasteiger partial charge in [-0.2, -0.15) is 0 Å². The van der Waals surface area contributed by atoms with E-state index in [1.54, 1.807) is 11.8 Å². The normalized spacial score (nSPS) is 13.6. The van der Waals surface area contributed by atoms with Crippen molar-refractivity contribution in [3.05, 3.63) is 41.5 Å². The summed E-state index contributed by atoms with van der Waals surface area (Å²) in [6.45, 7) is 0.355. The molecule has 6 heteroatoms. The Hall–Kier alpha value is -1.66. The van der Waals surface area contributed by atoms with Crippen molar-refractivity contribution in [2.45, 2.75) is 13.2 Å². The zero-order valence-corrected chi connectivity index (χ0v) is 10.7. The van der Waals surface area contributed by atoms with Crippen molar-refractivity contribution in [1.29, 1.82) is 0 Å². The molecule has 18 heavy (non-hydrogen) atoms. The Balaban J connectivity index is 2.29. The molecule has 1 N–H and O–H groups in total. The molecule has 0 fully saturated rings. The zero-order valence-electron chi connectivity index (χ0n) is 9.87.